The summed E-state index contributed by atoms with van der Waals surface area (Å²) in [6.07, 6.45) is 4.99. The zero-order chi connectivity index (χ0) is 19.6. The summed E-state index contributed by atoms with van der Waals surface area (Å²) in [4.78, 5) is 44.3. The molecule has 1 aromatic carbocycles. The van der Waals surface area contributed by atoms with Crippen molar-refractivity contribution in [1.82, 2.24) is 5.32 Å². The molecule has 2 amide bonds. The summed E-state index contributed by atoms with van der Waals surface area (Å²) in [6.45, 7) is 0. The van der Waals surface area contributed by atoms with Crippen molar-refractivity contribution in [3.63, 3.8) is 0 Å². The van der Waals surface area contributed by atoms with E-state index >= 15 is 0 Å². The Morgan fingerprint density at radius 2 is 1.85 bits per heavy atom. The highest BCUT2D eigenvalue weighted by molar-refractivity contribution is 8.18. The quantitative estimate of drug-likeness (QED) is 0.445. The third kappa shape index (κ3) is 5.33. The molecule has 0 spiro atoms. The van der Waals surface area contributed by atoms with Gasteiger partial charge in [0, 0.05) is 0 Å². The van der Waals surface area contributed by atoms with Crippen molar-refractivity contribution in [3.8, 4) is 5.75 Å². The fraction of sp³-hybridized carbons (Fsp3) is 0.333. The van der Waals surface area contributed by atoms with Gasteiger partial charge in [0.1, 0.15) is 5.75 Å². The molecule has 0 bridgehead atoms. The van der Waals surface area contributed by atoms with Crippen LogP contribution in [0, 0.1) is 11.8 Å². The normalized spacial score (nSPS) is 20.0. The van der Waals surface area contributed by atoms with Gasteiger partial charge in [-0.15, -0.1) is 0 Å². The van der Waals surface area contributed by atoms with Crippen molar-refractivity contribution < 1.29 is 29.0 Å². The molecule has 0 aromatic heterocycles. The standard InChI is InChI=1S/C14H10ClNO4S.C4H6O2/c15-11-8(6-10-12(17)16-14(19)21-10)2-1-3-9(11)20-13(18)7-4-5-7;5-4(6)3-1-2-3/h1-3,6-7H,4-5H2,(H,16,17,19);3H,1-2H2,(H,5,6)/b10-6-;. The summed E-state index contributed by atoms with van der Waals surface area (Å²) in [5, 5.41) is 10.0. The number of esters is 1. The van der Waals surface area contributed by atoms with Gasteiger partial charge in [0.15, 0.2) is 0 Å². The van der Waals surface area contributed by atoms with Crippen molar-refractivity contribution in [2.75, 3.05) is 0 Å². The van der Waals surface area contributed by atoms with E-state index in [1.165, 1.54) is 6.08 Å². The van der Waals surface area contributed by atoms with Crippen LogP contribution in [0.1, 0.15) is 31.2 Å². The van der Waals surface area contributed by atoms with E-state index in [0.717, 1.165) is 37.4 Å². The first-order valence-corrected chi connectivity index (χ1v) is 9.52. The summed E-state index contributed by atoms with van der Waals surface area (Å²) in [6, 6.07) is 4.95. The summed E-state index contributed by atoms with van der Waals surface area (Å²) >= 11 is 7.00. The van der Waals surface area contributed by atoms with Crippen LogP contribution < -0.4 is 10.1 Å². The molecule has 2 N–H and O–H groups in total. The molecule has 2 saturated carbocycles. The molecular formula is C18H16ClNO6S. The van der Waals surface area contributed by atoms with Gasteiger partial charge in [0.2, 0.25) is 0 Å². The zero-order valence-corrected chi connectivity index (χ0v) is 15.6. The Labute approximate surface area is 164 Å². The molecule has 9 heteroatoms. The SMILES string of the molecule is O=C(O)C1CC1.O=C1NC(=O)/C(=C/c2cccc(OC(=O)C3CC3)c2Cl)S1. The van der Waals surface area contributed by atoms with Crippen LogP contribution in [0.25, 0.3) is 6.08 Å². The third-order valence-corrected chi connectivity index (χ3v) is 5.18. The van der Waals surface area contributed by atoms with E-state index in [4.69, 9.17) is 21.4 Å². The molecule has 1 aromatic rings. The van der Waals surface area contributed by atoms with Gasteiger partial charge in [-0.05, 0) is 55.2 Å². The summed E-state index contributed by atoms with van der Waals surface area (Å²) in [7, 11) is 0. The van der Waals surface area contributed by atoms with Crippen LogP contribution in [0.15, 0.2) is 23.1 Å². The molecule has 3 fully saturated rings. The smallest absolute Gasteiger partial charge is 0.314 e. The molecule has 0 unspecified atom stereocenters. The van der Waals surface area contributed by atoms with E-state index in [1.807, 2.05) is 0 Å². The fourth-order valence-electron chi connectivity index (χ4n) is 2.12. The fourth-order valence-corrected chi connectivity index (χ4v) is 3.01. The largest absolute Gasteiger partial charge is 0.481 e. The number of carbonyl (C=O) groups excluding carboxylic acids is 3. The number of aliphatic carboxylic acids is 1. The summed E-state index contributed by atoms with van der Waals surface area (Å²) in [5.74, 6) is -1.12. The number of hydrogen-bond acceptors (Lipinski definition) is 6. The predicted octanol–water partition coefficient (Wildman–Crippen LogP) is 3.46. The van der Waals surface area contributed by atoms with Crippen molar-refractivity contribution in [3.05, 3.63) is 33.7 Å². The van der Waals surface area contributed by atoms with Gasteiger partial charge in [0.05, 0.1) is 21.8 Å². The monoisotopic (exact) mass is 409 g/mol. The van der Waals surface area contributed by atoms with E-state index in [0.29, 0.717) is 5.56 Å². The lowest BCUT2D eigenvalue weighted by Crippen LogP contribution is -2.17. The number of carboxylic acid groups (broad SMARTS) is 1. The lowest BCUT2D eigenvalue weighted by molar-refractivity contribution is -0.138. The van der Waals surface area contributed by atoms with Gasteiger partial charge in [-0.2, -0.15) is 0 Å². The second-order valence-corrected chi connectivity index (χ2v) is 7.71. The number of hydrogen-bond donors (Lipinski definition) is 2. The molecule has 2 aliphatic carbocycles. The van der Waals surface area contributed by atoms with Crippen LogP contribution in [0.2, 0.25) is 5.02 Å². The maximum atomic E-state index is 11.7. The molecular weight excluding hydrogens is 394 g/mol. The second kappa shape index (κ2) is 8.14. The lowest BCUT2D eigenvalue weighted by atomic mass is 10.2. The number of halogens is 1. The van der Waals surface area contributed by atoms with E-state index in [-0.39, 0.29) is 33.5 Å². The van der Waals surface area contributed by atoms with E-state index in [9.17, 15) is 19.2 Å². The number of thioether (sulfide) groups is 1. The number of amides is 2. The van der Waals surface area contributed by atoms with E-state index in [2.05, 4.69) is 5.32 Å². The van der Waals surface area contributed by atoms with Crippen molar-refractivity contribution in [2.45, 2.75) is 25.7 Å². The molecule has 7 nitrogen and oxygen atoms in total. The molecule has 0 radical (unpaired) electrons. The number of rotatable bonds is 4. The molecule has 1 aliphatic heterocycles. The minimum absolute atomic E-state index is 0.0185. The maximum Gasteiger partial charge on any atom is 0.314 e. The summed E-state index contributed by atoms with van der Waals surface area (Å²) < 4.78 is 5.25. The van der Waals surface area contributed by atoms with Crippen molar-refractivity contribution >= 4 is 52.5 Å². The molecule has 3 aliphatic rings. The van der Waals surface area contributed by atoms with E-state index in [1.54, 1.807) is 18.2 Å². The molecule has 4 rings (SSSR count). The summed E-state index contributed by atoms with van der Waals surface area (Å²) in [5.41, 5.74) is 0.519. The minimum atomic E-state index is -0.630. The van der Waals surface area contributed by atoms with Gasteiger partial charge >= 0.3 is 11.9 Å². The van der Waals surface area contributed by atoms with Crippen molar-refractivity contribution in [2.24, 2.45) is 11.8 Å². The lowest BCUT2D eigenvalue weighted by Gasteiger charge is -2.07. The Bertz CT molecular complexity index is 844. The molecule has 0 atom stereocenters. The highest BCUT2D eigenvalue weighted by atomic mass is 35.5. The number of carbonyl (C=O) groups is 4. The Balaban J connectivity index is 0.000000299. The highest BCUT2D eigenvalue weighted by Gasteiger charge is 2.32. The topological polar surface area (TPSA) is 110 Å². The number of carboxylic acids is 1. The van der Waals surface area contributed by atoms with Gasteiger partial charge < -0.3 is 9.84 Å². The van der Waals surface area contributed by atoms with Crippen LogP contribution in [-0.2, 0) is 14.4 Å². The number of ether oxygens (including phenoxy) is 1. The minimum Gasteiger partial charge on any atom is -0.481 e. The first-order valence-electron chi connectivity index (χ1n) is 8.33. The Hall–Kier alpha value is -2.32. The average Bonchev–Trinajstić information content (AvgIpc) is 3.50. The Kier molecular flexibility index (Phi) is 5.86. The second-order valence-electron chi connectivity index (χ2n) is 6.32. The first kappa shape index (κ1) is 19.4. The van der Waals surface area contributed by atoms with Crippen LogP contribution in [0.3, 0.4) is 0 Å². The Morgan fingerprint density at radius 1 is 1.19 bits per heavy atom. The zero-order valence-electron chi connectivity index (χ0n) is 14.1. The molecule has 142 valence electrons. The van der Waals surface area contributed by atoms with Crippen molar-refractivity contribution in [1.29, 1.82) is 0 Å². The van der Waals surface area contributed by atoms with Gasteiger partial charge in [-0.3, -0.25) is 24.5 Å². The van der Waals surface area contributed by atoms with Crippen LogP contribution in [0.5, 0.6) is 5.75 Å². The van der Waals surface area contributed by atoms with E-state index < -0.39 is 17.1 Å². The van der Waals surface area contributed by atoms with Gasteiger partial charge in [0.25, 0.3) is 11.1 Å². The first-order chi connectivity index (χ1) is 12.8. The molecule has 1 saturated heterocycles. The number of imide groups is 1. The number of nitrogens with one attached hydrogen (secondary N) is 1. The highest BCUT2D eigenvalue weighted by Crippen LogP contribution is 2.35. The van der Waals surface area contributed by atoms with Crippen LogP contribution in [0.4, 0.5) is 4.79 Å². The van der Waals surface area contributed by atoms with Gasteiger partial charge in [-0.1, -0.05) is 23.7 Å². The van der Waals surface area contributed by atoms with Crippen LogP contribution >= 0.6 is 23.4 Å². The third-order valence-electron chi connectivity index (χ3n) is 3.97. The maximum absolute atomic E-state index is 11.7. The molecule has 1 heterocycles. The number of benzene rings is 1. The van der Waals surface area contributed by atoms with Crippen LogP contribution in [-0.4, -0.2) is 28.2 Å². The Morgan fingerprint density at radius 3 is 2.33 bits per heavy atom. The molecule has 27 heavy (non-hydrogen) atoms. The average molecular weight is 410 g/mol. The predicted molar refractivity (Wildman–Crippen MR) is 99.3 cm³/mol. The van der Waals surface area contributed by atoms with Gasteiger partial charge in [-0.25, -0.2) is 0 Å².